The van der Waals surface area contributed by atoms with Crippen LogP contribution >= 0.6 is 11.3 Å². The van der Waals surface area contributed by atoms with Gasteiger partial charge >= 0.3 is 0 Å². The molecule has 0 bridgehead atoms. The quantitative estimate of drug-likeness (QED) is 0.873. The van der Waals surface area contributed by atoms with Gasteiger partial charge in [0.15, 0.2) is 0 Å². The van der Waals surface area contributed by atoms with Crippen LogP contribution in [0, 0.1) is 0 Å². The number of sulfonamides is 1. The van der Waals surface area contributed by atoms with Crippen LogP contribution in [0.4, 0.5) is 5.69 Å². The van der Waals surface area contributed by atoms with E-state index in [1.54, 1.807) is 11.3 Å². The lowest BCUT2D eigenvalue weighted by Gasteiger charge is -2.16. The van der Waals surface area contributed by atoms with Crippen LogP contribution in [-0.2, 0) is 16.4 Å². The molecule has 21 heavy (non-hydrogen) atoms. The summed E-state index contributed by atoms with van der Waals surface area (Å²) in [5.74, 6) is 0.680. The van der Waals surface area contributed by atoms with Crippen molar-refractivity contribution in [3.8, 4) is 11.3 Å². The zero-order valence-electron chi connectivity index (χ0n) is 11.7. The van der Waals surface area contributed by atoms with Crippen molar-refractivity contribution in [3.05, 3.63) is 34.2 Å². The van der Waals surface area contributed by atoms with Gasteiger partial charge in [0, 0.05) is 23.4 Å². The molecule has 0 unspecified atom stereocenters. The van der Waals surface area contributed by atoms with Crippen LogP contribution in [0.5, 0.6) is 0 Å². The molecule has 0 N–H and O–H groups in total. The summed E-state index contributed by atoms with van der Waals surface area (Å²) in [5.41, 5.74) is 4.02. The van der Waals surface area contributed by atoms with E-state index in [-0.39, 0.29) is 0 Å². The van der Waals surface area contributed by atoms with Crippen molar-refractivity contribution in [1.82, 2.24) is 4.98 Å². The molecule has 1 aromatic heterocycles. The third-order valence-electron chi connectivity index (χ3n) is 4.08. The second kappa shape index (κ2) is 4.55. The molecule has 1 aliphatic heterocycles. The van der Waals surface area contributed by atoms with Gasteiger partial charge < -0.3 is 0 Å². The number of hydrogen-bond acceptors (Lipinski definition) is 4. The monoisotopic (exact) mass is 320 g/mol. The highest BCUT2D eigenvalue weighted by molar-refractivity contribution is 7.92. The fourth-order valence-electron chi connectivity index (χ4n) is 2.81. The number of rotatable bonds is 3. The Hall–Kier alpha value is -1.40. The predicted octanol–water partition coefficient (Wildman–Crippen LogP) is 3.01. The lowest BCUT2D eigenvalue weighted by atomic mass is 10.1. The molecular weight excluding hydrogens is 304 g/mol. The van der Waals surface area contributed by atoms with Crippen molar-refractivity contribution in [2.24, 2.45) is 0 Å². The Bertz CT molecular complexity index is 807. The molecule has 2 aliphatic rings. The van der Waals surface area contributed by atoms with Gasteiger partial charge in [0.25, 0.3) is 0 Å². The topological polar surface area (TPSA) is 50.3 Å². The highest BCUT2D eigenvalue weighted by Crippen LogP contribution is 2.43. The third-order valence-corrected chi connectivity index (χ3v) is 6.26. The van der Waals surface area contributed by atoms with Gasteiger partial charge in [0.1, 0.15) is 0 Å². The summed E-state index contributed by atoms with van der Waals surface area (Å²) >= 11 is 1.74. The number of nitrogens with zero attached hydrogens (tertiary/aromatic N) is 2. The minimum atomic E-state index is -3.17. The van der Waals surface area contributed by atoms with Crippen LogP contribution in [0.3, 0.4) is 0 Å². The molecular formula is C15H16N2O2S2. The number of benzene rings is 1. The van der Waals surface area contributed by atoms with Gasteiger partial charge in [-0.1, -0.05) is 6.07 Å². The summed E-state index contributed by atoms with van der Waals surface area (Å²) in [7, 11) is -3.17. The summed E-state index contributed by atoms with van der Waals surface area (Å²) in [6.07, 6.45) is 4.56. The molecule has 1 aromatic carbocycles. The van der Waals surface area contributed by atoms with Crippen LogP contribution in [-0.4, -0.2) is 26.2 Å². The van der Waals surface area contributed by atoms with Crippen LogP contribution in [0.2, 0.25) is 0 Å². The second-order valence-electron chi connectivity index (χ2n) is 5.77. The Morgan fingerprint density at radius 2 is 2.14 bits per heavy atom. The third kappa shape index (κ3) is 2.36. The average molecular weight is 320 g/mol. The molecule has 1 fully saturated rings. The summed E-state index contributed by atoms with van der Waals surface area (Å²) < 4.78 is 25.0. The van der Waals surface area contributed by atoms with Crippen LogP contribution in [0.1, 0.15) is 29.3 Å². The second-order valence-corrected chi connectivity index (χ2v) is 8.57. The number of anilines is 1. The first-order valence-electron chi connectivity index (χ1n) is 7.09. The van der Waals surface area contributed by atoms with E-state index in [0.29, 0.717) is 12.5 Å². The van der Waals surface area contributed by atoms with Crippen molar-refractivity contribution in [3.63, 3.8) is 0 Å². The molecule has 1 saturated carbocycles. The molecule has 4 nitrogen and oxygen atoms in total. The maximum absolute atomic E-state index is 11.8. The van der Waals surface area contributed by atoms with Crippen molar-refractivity contribution in [2.75, 3.05) is 17.1 Å². The number of thiazole rings is 1. The zero-order chi connectivity index (χ0) is 14.6. The number of aromatic nitrogens is 1. The lowest BCUT2D eigenvalue weighted by Crippen LogP contribution is -2.27. The summed E-state index contributed by atoms with van der Waals surface area (Å²) in [6.45, 7) is 0.544. The SMILES string of the molecule is CS(=O)(=O)N1CCc2cc(-c3csc(C4CC4)n3)ccc21. The van der Waals surface area contributed by atoms with Gasteiger partial charge in [-0.2, -0.15) is 0 Å². The number of hydrogen-bond donors (Lipinski definition) is 0. The standard InChI is InChI=1S/C15H16N2O2S2/c1-21(18,19)17-7-6-12-8-11(4-5-14(12)17)13-9-20-15(16-13)10-2-3-10/h4-5,8-10H,2-3,6-7H2,1H3. The fraction of sp³-hybridized carbons (Fsp3) is 0.400. The van der Waals surface area contributed by atoms with E-state index in [9.17, 15) is 8.42 Å². The molecule has 0 amide bonds. The van der Waals surface area contributed by atoms with E-state index in [1.807, 2.05) is 12.1 Å². The van der Waals surface area contributed by atoms with Crippen molar-refractivity contribution in [2.45, 2.75) is 25.2 Å². The smallest absolute Gasteiger partial charge is 0.232 e. The molecule has 2 aromatic rings. The van der Waals surface area contributed by atoms with Crippen LogP contribution in [0.25, 0.3) is 11.3 Å². The van der Waals surface area contributed by atoms with Gasteiger partial charge in [-0.15, -0.1) is 11.3 Å². The van der Waals surface area contributed by atoms with Gasteiger partial charge in [-0.05, 0) is 37.0 Å². The average Bonchev–Trinajstić information content (AvgIpc) is 3.01. The Morgan fingerprint density at radius 1 is 1.33 bits per heavy atom. The summed E-state index contributed by atoms with van der Waals surface area (Å²) in [5, 5.41) is 3.35. The lowest BCUT2D eigenvalue weighted by molar-refractivity contribution is 0.598. The van der Waals surface area contributed by atoms with E-state index in [1.165, 1.54) is 28.4 Å². The first-order valence-corrected chi connectivity index (χ1v) is 9.81. The molecule has 2 heterocycles. The normalized spacial score (nSPS) is 18.0. The van der Waals surface area contributed by atoms with E-state index >= 15 is 0 Å². The molecule has 1 aliphatic carbocycles. The molecule has 0 spiro atoms. The molecule has 110 valence electrons. The molecule has 0 saturated heterocycles. The maximum Gasteiger partial charge on any atom is 0.232 e. The Morgan fingerprint density at radius 3 is 2.86 bits per heavy atom. The van der Waals surface area contributed by atoms with E-state index < -0.39 is 10.0 Å². The molecule has 0 radical (unpaired) electrons. The highest BCUT2D eigenvalue weighted by atomic mass is 32.2. The van der Waals surface area contributed by atoms with E-state index in [2.05, 4.69) is 11.4 Å². The van der Waals surface area contributed by atoms with Gasteiger partial charge in [-0.25, -0.2) is 13.4 Å². The Kier molecular flexibility index (Phi) is 2.87. The first kappa shape index (κ1) is 13.3. The highest BCUT2D eigenvalue weighted by Gasteiger charge is 2.28. The van der Waals surface area contributed by atoms with Crippen molar-refractivity contribution in [1.29, 1.82) is 0 Å². The van der Waals surface area contributed by atoms with E-state index in [0.717, 1.165) is 28.9 Å². The fourth-order valence-corrected chi connectivity index (χ4v) is 4.77. The first-order chi connectivity index (χ1) is 10.0. The predicted molar refractivity (Wildman–Crippen MR) is 85.4 cm³/mol. The summed E-state index contributed by atoms with van der Waals surface area (Å²) in [6, 6.07) is 5.98. The van der Waals surface area contributed by atoms with Crippen LogP contribution in [0.15, 0.2) is 23.6 Å². The Balaban J connectivity index is 1.69. The maximum atomic E-state index is 11.8. The molecule has 6 heteroatoms. The van der Waals surface area contributed by atoms with E-state index in [4.69, 9.17) is 4.98 Å². The minimum Gasteiger partial charge on any atom is -0.270 e. The van der Waals surface area contributed by atoms with Gasteiger partial charge in [0.2, 0.25) is 10.0 Å². The molecule has 0 atom stereocenters. The summed E-state index contributed by atoms with van der Waals surface area (Å²) in [4.78, 5) is 4.72. The largest absolute Gasteiger partial charge is 0.270 e. The van der Waals surface area contributed by atoms with Gasteiger partial charge in [-0.3, -0.25) is 4.31 Å². The Labute approximate surface area is 128 Å². The molecule has 4 rings (SSSR count). The van der Waals surface area contributed by atoms with Gasteiger partial charge in [0.05, 0.1) is 22.6 Å². The van der Waals surface area contributed by atoms with Crippen LogP contribution < -0.4 is 4.31 Å². The number of fused-ring (bicyclic) bond motifs is 1. The van der Waals surface area contributed by atoms with Crippen molar-refractivity contribution >= 4 is 27.0 Å². The zero-order valence-corrected chi connectivity index (χ0v) is 13.4. The minimum absolute atomic E-state index is 0.544. The van der Waals surface area contributed by atoms with Crippen molar-refractivity contribution < 1.29 is 8.42 Å².